The average Bonchev–Trinajstić information content (AvgIpc) is 3.46. The molecule has 0 unspecified atom stereocenters. The van der Waals surface area contributed by atoms with Crippen LogP contribution in [-0.4, -0.2) is 47.2 Å². The summed E-state index contributed by atoms with van der Waals surface area (Å²) in [7, 11) is -8.47. The quantitative estimate of drug-likeness (QED) is 0.289. The summed E-state index contributed by atoms with van der Waals surface area (Å²) in [6, 6.07) is 10.1. The van der Waals surface area contributed by atoms with Gasteiger partial charge in [0.1, 0.15) is 11.8 Å². The number of hydrogen-bond acceptors (Lipinski definition) is 9. The SMILES string of the molecule is Cc1nocc1-c1ccc2c(-c3nc(S(C)(=O)=O)ncc3C(F)(F)F)cn(S(=O)(=O)c3ccccc3)c2n1. The molecule has 1 aromatic carbocycles. The highest BCUT2D eigenvalue weighted by atomic mass is 32.2. The van der Waals surface area contributed by atoms with Crippen LogP contribution in [0.3, 0.4) is 0 Å². The molecule has 0 amide bonds. The smallest absolute Gasteiger partial charge is 0.364 e. The summed E-state index contributed by atoms with van der Waals surface area (Å²) in [5.41, 5.74) is -1.53. The van der Waals surface area contributed by atoms with Crippen LogP contribution in [0.1, 0.15) is 11.3 Å². The van der Waals surface area contributed by atoms with Crippen molar-refractivity contribution in [1.82, 2.24) is 24.1 Å². The van der Waals surface area contributed by atoms with Crippen LogP contribution in [0.15, 0.2) is 75.7 Å². The zero-order chi connectivity index (χ0) is 27.5. The first-order valence-corrected chi connectivity index (χ1v) is 14.0. The highest BCUT2D eigenvalue weighted by molar-refractivity contribution is 7.90. The second kappa shape index (κ2) is 8.73. The van der Waals surface area contributed by atoms with E-state index in [-0.39, 0.29) is 27.2 Å². The van der Waals surface area contributed by atoms with Gasteiger partial charge >= 0.3 is 6.18 Å². The van der Waals surface area contributed by atoms with Gasteiger partial charge < -0.3 is 4.52 Å². The summed E-state index contributed by atoms with van der Waals surface area (Å²) in [5, 5.41) is 2.90. The van der Waals surface area contributed by atoms with Crippen molar-refractivity contribution < 1.29 is 34.5 Å². The first-order valence-electron chi connectivity index (χ1n) is 10.7. The molecule has 4 heterocycles. The number of aryl methyl sites for hydroxylation is 1. The number of aromatic nitrogens is 5. The van der Waals surface area contributed by atoms with E-state index in [0.29, 0.717) is 17.5 Å². The molecule has 10 nitrogen and oxygen atoms in total. The molecule has 38 heavy (non-hydrogen) atoms. The summed E-state index contributed by atoms with van der Waals surface area (Å²) in [5.74, 6) is 0. The van der Waals surface area contributed by atoms with Crippen LogP contribution in [0.25, 0.3) is 33.5 Å². The standard InChI is InChI=1S/C23H16F3N5O5S2/c1-13-17(12-36-30-13)19-9-8-15-16(20-18(23(24,25)26)10-27-22(29-20)37(2,32)33)11-31(21(15)28-19)38(34,35)14-6-4-3-5-7-14/h3-12H,1-2H3. The zero-order valence-corrected chi connectivity index (χ0v) is 21.1. The fourth-order valence-corrected chi connectivity index (χ4v) is 5.64. The van der Waals surface area contributed by atoms with Crippen molar-refractivity contribution in [2.45, 2.75) is 23.2 Å². The number of pyridine rings is 1. The van der Waals surface area contributed by atoms with Crippen molar-refractivity contribution >= 4 is 30.9 Å². The summed E-state index contributed by atoms with van der Waals surface area (Å²) < 4.78 is 98.9. The summed E-state index contributed by atoms with van der Waals surface area (Å²) in [6.07, 6.45) is -1.64. The third-order valence-electron chi connectivity index (χ3n) is 5.61. The molecule has 15 heteroatoms. The Kier molecular flexibility index (Phi) is 5.87. The number of alkyl halides is 3. The lowest BCUT2D eigenvalue weighted by Crippen LogP contribution is -2.14. The van der Waals surface area contributed by atoms with Crippen LogP contribution in [0.5, 0.6) is 0 Å². The molecule has 0 saturated heterocycles. The molecular formula is C23H16F3N5O5S2. The van der Waals surface area contributed by atoms with Gasteiger partial charge in [-0.05, 0) is 31.2 Å². The second-order valence-corrected chi connectivity index (χ2v) is 11.9. The maximum Gasteiger partial charge on any atom is 0.419 e. The molecule has 4 aromatic heterocycles. The molecule has 0 fully saturated rings. The fourth-order valence-electron chi connectivity index (χ4n) is 3.80. The lowest BCUT2D eigenvalue weighted by atomic mass is 10.1. The van der Waals surface area contributed by atoms with E-state index in [9.17, 15) is 30.0 Å². The molecule has 0 saturated carbocycles. The number of rotatable bonds is 5. The van der Waals surface area contributed by atoms with Gasteiger partial charge in [0.05, 0.1) is 27.5 Å². The van der Waals surface area contributed by atoms with E-state index >= 15 is 0 Å². The Bertz CT molecular complexity index is 1920. The molecule has 5 aromatic rings. The average molecular weight is 564 g/mol. The van der Waals surface area contributed by atoms with Crippen molar-refractivity contribution in [1.29, 1.82) is 0 Å². The van der Waals surface area contributed by atoms with E-state index in [1.54, 1.807) is 13.0 Å². The maximum absolute atomic E-state index is 14.0. The van der Waals surface area contributed by atoms with Gasteiger partial charge in [-0.15, -0.1) is 0 Å². The second-order valence-electron chi connectivity index (χ2n) is 8.22. The van der Waals surface area contributed by atoms with Crippen LogP contribution < -0.4 is 0 Å². The molecule has 0 aliphatic rings. The summed E-state index contributed by atoms with van der Waals surface area (Å²) in [6.45, 7) is 1.64. The predicted molar refractivity (Wildman–Crippen MR) is 128 cm³/mol. The topological polar surface area (TPSA) is 138 Å². The Morgan fingerprint density at radius 3 is 2.26 bits per heavy atom. The maximum atomic E-state index is 14.0. The Morgan fingerprint density at radius 1 is 0.947 bits per heavy atom. The number of nitrogens with zero attached hydrogens (tertiary/aromatic N) is 5. The summed E-state index contributed by atoms with van der Waals surface area (Å²) >= 11 is 0. The van der Waals surface area contributed by atoms with Crippen LogP contribution in [-0.2, 0) is 26.0 Å². The minimum absolute atomic E-state index is 0.0222. The fraction of sp³-hybridized carbons (Fsp3) is 0.130. The van der Waals surface area contributed by atoms with Gasteiger partial charge in [-0.25, -0.2) is 35.8 Å². The molecule has 5 rings (SSSR count). The first-order chi connectivity index (χ1) is 17.8. The molecule has 196 valence electrons. The monoisotopic (exact) mass is 563 g/mol. The third kappa shape index (κ3) is 4.32. The Balaban J connectivity index is 1.88. The minimum atomic E-state index is -4.98. The zero-order valence-electron chi connectivity index (χ0n) is 19.5. The largest absolute Gasteiger partial charge is 0.419 e. The highest BCUT2D eigenvalue weighted by Crippen LogP contribution is 2.40. The Hall–Kier alpha value is -4.11. The molecule has 0 aliphatic heterocycles. The van der Waals surface area contributed by atoms with Crippen molar-refractivity contribution in [3.8, 4) is 22.5 Å². The first kappa shape index (κ1) is 25.5. The van der Waals surface area contributed by atoms with Gasteiger partial charge in [0, 0.05) is 29.6 Å². The number of fused-ring (bicyclic) bond motifs is 1. The number of hydrogen-bond donors (Lipinski definition) is 0. The summed E-state index contributed by atoms with van der Waals surface area (Å²) in [4.78, 5) is 11.3. The van der Waals surface area contributed by atoms with E-state index in [1.807, 2.05) is 0 Å². The molecule has 0 radical (unpaired) electrons. The number of benzene rings is 1. The number of sulfone groups is 1. The minimum Gasteiger partial charge on any atom is -0.364 e. The van der Waals surface area contributed by atoms with Gasteiger partial charge in [-0.1, -0.05) is 23.4 Å². The molecule has 0 spiro atoms. The van der Waals surface area contributed by atoms with Crippen molar-refractivity contribution in [3.63, 3.8) is 0 Å². The highest BCUT2D eigenvalue weighted by Gasteiger charge is 2.37. The van der Waals surface area contributed by atoms with E-state index in [0.717, 1.165) is 16.4 Å². The predicted octanol–water partition coefficient (Wildman–Crippen LogP) is 4.12. The third-order valence-corrected chi connectivity index (χ3v) is 8.13. The molecule has 0 bridgehead atoms. The van der Waals surface area contributed by atoms with Crippen molar-refractivity contribution in [2.75, 3.05) is 6.26 Å². The van der Waals surface area contributed by atoms with Crippen molar-refractivity contribution in [2.24, 2.45) is 0 Å². The number of halogens is 3. The van der Waals surface area contributed by atoms with Crippen LogP contribution in [0.2, 0.25) is 0 Å². The molecule has 0 atom stereocenters. The Labute approximate surface area is 213 Å². The van der Waals surface area contributed by atoms with Gasteiger partial charge in [-0.3, -0.25) is 0 Å². The lowest BCUT2D eigenvalue weighted by Gasteiger charge is -2.12. The normalized spacial score (nSPS) is 12.8. The van der Waals surface area contributed by atoms with E-state index in [1.165, 1.54) is 42.7 Å². The van der Waals surface area contributed by atoms with E-state index < -0.39 is 42.5 Å². The van der Waals surface area contributed by atoms with Gasteiger partial charge in [0.15, 0.2) is 5.65 Å². The molecular weight excluding hydrogens is 547 g/mol. The van der Waals surface area contributed by atoms with Crippen LogP contribution in [0, 0.1) is 6.92 Å². The van der Waals surface area contributed by atoms with Crippen LogP contribution in [0.4, 0.5) is 13.2 Å². The van der Waals surface area contributed by atoms with Gasteiger partial charge in [0.2, 0.25) is 15.0 Å². The molecule has 0 aliphatic carbocycles. The van der Waals surface area contributed by atoms with E-state index in [4.69, 9.17) is 4.52 Å². The lowest BCUT2D eigenvalue weighted by molar-refractivity contribution is -0.137. The van der Waals surface area contributed by atoms with E-state index in [2.05, 4.69) is 20.1 Å². The van der Waals surface area contributed by atoms with Gasteiger partial charge in [0.25, 0.3) is 10.0 Å². The van der Waals surface area contributed by atoms with Crippen LogP contribution >= 0.6 is 0 Å². The molecule has 0 N–H and O–H groups in total. The van der Waals surface area contributed by atoms with Gasteiger partial charge in [-0.2, -0.15) is 13.2 Å². The Morgan fingerprint density at radius 2 is 1.66 bits per heavy atom. The van der Waals surface area contributed by atoms with Crippen molar-refractivity contribution in [3.05, 3.63) is 72.4 Å².